The number of fused-ring (bicyclic) bond motifs is 1. The lowest BCUT2D eigenvalue weighted by Crippen LogP contribution is -2.32. The van der Waals surface area contributed by atoms with Crippen LogP contribution in [0.1, 0.15) is 23.9 Å². The number of pyridine rings is 1. The number of nitrogens with one attached hydrogen (secondary N) is 1. The van der Waals surface area contributed by atoms with Crippen LogP contribution in [0.2, 0.25) is 0 Å². The van der Waals surface area contributed by atoms with Gasteiger partial charge in [-0.25, -0.2) is 14.6 Å². The molecule has 8 nitrogen and oxygen atoms in total. The highest BCUT2D eigenvalue weighted by molar-refractivity contribution is 6.04. The molecule has 0 saturated carbocycles. The molecule has 0 aliphatic carbocycles. The first-order valence-electron chi connectivity index (χ1n) is 12.1. The number of carbonyl (C=O) groups excluding carboxylic acids is 1. The fourth-order valence-electron chi connectivity index (χ4n) is 4.84. The summed E-state index contributed by atoms with van der Waals surface area (Å²) in [5, 5.41) is 13.2. The van der Waals surface area contributed by atoms with Crippen LogP contribution in [0, 0.1) is 12.8 Å². The fourth-order valence-corrected chi connectivity index (χ4v) is 4.84. The van der Waals surface area contributed by atoms with Crippen molar-refractivity contribution in [3.8, 4) is 5.69 Å². The smallest absolute Gasteiger partial charge is 0.336 e. The molecule has 38 heavy (non-hydrogen) atoms. The zero-order valence-corrected chi connectivity index (χ0v) is 21.2. The summed E-state index contributed by atoms with van der Waals surface area (Å²) in [5.41, 5.74) is 5.52. The average molecular weight is 507 g/mol. The van der Waals surface area contributed by atoms with E-state index in [2.05, 4.69) is 15.3 Å². The molecule has 2 N–H and O–H groups in total. The molecule has 1 atom stereocenters. The minimum absolute atomic E-state index is 0.0899. The molecular weight excluding hydrogens is 480 g/mol. The minimum Gasteiger partial charge on any atom is -0.478 e. The van der Waals surface area contributed by atoms with E-state index in [4.69, 9.17) is 4.74 Å². The van der Waals surface area contributed by atoms with Crippen LogP contribution in [0.3, 0.4) is 0 Å². The summed E-state index contributed by atoms with van der Waals surface area (Å²) < 4.78 is 7.16. The van der Waals surface area contributed by atoms with Gasteiger partial charge in [0.1, 0.15) is 11.3 Å². The standard InChI is InChI=1S/C30H26N4O4/c1-18-26(29(35)36)23(14-9-20-7-5-4-6-8-20)27(30(37)38-3)28(32-18)21-10-12-22(13-11-21)34-19(2)33-24-17-31-16-15-25(24)34/h4-17,23,32H,1-3H3,(H,35,36). The highest BCUT2D eigenvalue weighted by Crippen LogP contribution is 2.36. The number of carboxylic acid groups (broad SMARTS) is 1. The molecule has 0 saturated heterocycles. The number of esters is 1. The van der Waals surface area contributed by atoms with Crippen LogP contribution < -0.4 is 5.32 Å². The van der Waals surface area contributed by atoms with Gasteiger partial charge in [-0.2, -0.15) is 0 Å². The molecule has 8 heteroatoms. The van der Waals surface area contributed by atoms with E-state index < -0.39 is 17.9 Å². The van der Waals surface area contributed by atoms with E-state index in [-0.39, 0.29) is 11.1 Å². The highest BCUT2D eigenvalue weighted by atomic mass is 16.5. The van der Waals surface area contributed by atoms with Crippen molar-refractivity contribution in [2.75, 3.05) is 7.11 Å². The second-order valence-corrected chi connectivity index (χ2v) is 8.90. The van der Waals surface area contributed by atoms with Gasteiger partial charge in [0.15, 0.2) is 0 Å². The number of dihydropyridines is 1. The molecule has 190 valence electrons. The molecule has 4 aromatic rings. The van der Waals surface area contributed by atoms with E-state index >= 15 is 0 Å². The van der Waals surface area contributed by atoms with Gasteiger partial charge in [-0.1, -0.05) is 54.6 Å². The fraction of sp³-hybridized carbons (Fsp3) is 0.133. The summed E-state index contributed by atoms with van der Waals surface area (Å²) >= 11 is 0. The van der Waals surface area contributed by atoms with Gasteiger partial charge in [-0.15, -0.1) is 0 Å². The summed E-state index contributed by atoms with van der Waals surface area (Å²) in [4.78, 5) is 34.1. The molecule has 1 unspecified atom stereocenters. The molecule has 1 aliphatic rings. The van der Waals surface area contributed by atoms with Crippen molar-refractivity contribution in [2.45, 2.75) is 13.8 Å². The third kappa shape index (κ3) is 4.48. The molecule has 0 amide bonds. The zero-order valence-electron chi connectivity index (χ0n) is 21.2. The first kappa shape index (κ1) is 24.7. The number of imidazole rings is 1. The van der Waals surface area contributed by atoms with E-state index in [1.165, 1.54) is 7.11 Å². The summed E-state index contributed by atoms with van der Waals surface area (Å²) in [6.45, 7) is 3.63. The van der Waals surface area contributed by atoms with Crippen LogP contribution in [0.25, 0.3) is 28.5 Å². The zero-order chi connectivity index (χ0) is 26.8. The number of aliphatic carboxylic acids is 1. The third-order valence-corrected chi connectivity index (χ3v) is 6.56. The van der Waals surface area contributed by atoms with E-state index in [1.54, 1.807) is 25.4 Å². The van der Waals surface area contributed by atoms with Crippen molar-refractivity contribution in [3.05, 3.63) is 113 Å². The molecule has 0 fully saturated rings. The number of hydrogen-bond donors (Lipinski definition) is 2. The normalized spacial score (nSPS) is 15.7. The summed E-state index contributed by atoms with van der Waals surface area (Å²) in [6.07, 6.45) is 7.01. The Morgan fingerprint density at radius 1 is 1.03 bits per heavy atom. The number of nitrogens with zero attached hydrogens (tertiary/aromatic N) is 3. The van der Waals surface area contributed by atoms with Gasteiger partial charge >= 0.3 is 11.9 Å². The van der Waals surface area contributed by atoms with Gasteiger partial charge in [0.2, 0.25) is 0 Å². The lowest BCUT2D eigenvalue weighted by atomic mass is 9.83. The van der Waals surface area contributed by atoms with Crippen LogP contribution in [0.5, 0.6) is 0 Å². The van der Waals surface area contributed by atoms with Crippen molar-refractivity contribution in [1.29, 1.82) is 0 Å². The monoisotopic (exact) mass is 506 g/mol. The SMILES string of the molecule is COC(=O)C1=C(c2ccc(-n3c(C)nc4cnccc43)cc2)NC(C)=C(C(=O)O)C1C=Cc1ccccc1. The van der Waals surface area contributed by atoms with Gasteiger partial charge < -0.3 is 15.2 Å². The second-order valence-electron chi connectivity index (χ2n) is 8.90. The van der Waals surface area contributed by atoms with E-state index in [0.29, 0.717) is 11.4 Å². The number of rotatable bonds is 6. The Labute approximate surface area is 219 Å². The largest absolute Gasteiger partial charge is 0.478 e. The number of aryl methyl sites for hydroxylation is 1. The summed E-state index contributed by atoms with van der Waals surface area (Å²) in [7, 11) is 1.29. The van der Waals surface area contributed by atoms with Gasteiger partial charge in [-0.3, -0.25) is 9.55 Å². The van der Waals surface area contributed by atoms with Crippen molar-refractivity contribution in [1.82, 2.24) is 19.9 Å². The van der Waals surface area contributed by atoms with Crippen molar-refractivity contribution in [3.63, 3.8) is 0 Å². The predicted molar refractivity (Wildman–Crippen MR) is 145 cm³/mol. The number of hydrogen-bond acceptors (Lipinski definition) is 6. The summed E-state index contributed by atoms with van der Waals surface area (Å²) in [6, 6.07) is 19.1. The molecular formula is C30H26N4O4. The number of aromatic nitrogens is 3. The van der Waals surface area contributed by atoms with Crippen molar-refractivity contribution in [2.24, 2.45) is 5.92 Å². The molecule has 1 aliphatic heterocycles. The van der Waals surface area contributed by atoms with Crippen molar-refractivity contribution >= 4 is 34.7 Å². The second kappa shape index (κ2) is 10.2. The molecule has 0 bridgehead atoms. The maximum Gasteiger partial charge on any atom is 0.336 e. The topological polar surface area (TPSA) is 106 Å². The summed E-state index contributed by atoms with van der Waals surface area (Å²) in [5.74, 6) is -1.70. The Kier molecular flexibility index (Phi) is 6.62. The maximum absolute atomic E-state index is 13.1. The molecule has 5 rings (SSSR count). The van der Waals surface area contributed by atoms with Crippen LogP contribution >= 0.6 is 0 Å². The number of carbonyl (C=O) groups is 2. The number of allylic oxidation sites excluding steroid dienone is 2. The molecule has 0 spiro atoms. The van der Waals surface area contributed by atoms with Gasteiger partial charge in [0, 0.05) is 23.5 Å². The quantitative estimate of drug-likeness (QED) is 0.358. The predicted octanol–water partition coefficient (Wildman–Crippen LogP) is 4.90. The first-order chi connectivity index (χ1) is 18.4. The maximum atomic E-state index is 13.1. The van der Waals surface area contributed by atoms with Crippen LogP contribution in [0.15, 0.2) is 96.0 Å². The molecule has 2 aromatic carbocycles. The Morgan fingerprint density at radius 3 is 2.45 bits per heavy atom. The highest BCUT2D eigenvalue weighted by Gasteiger charge is 2.36. The van der Waals surface area contributed by atoms with E-state index in [9.17, 15) is 14.7 Å². The Bertz CT molecular complexity index is 1630. The molecule has 3 heterocycles. The Hall–Kier alpha value is -4.98. The number of ether oxygens (including phenoxy) is 1. The average Bonchev–Trinajstić information content (AvgIpc) is 3.27. The number of benzene rings is 2. The van der Waals surface area contributed by atoms with Gasteiger partial charge in [0.25, 0.3) is 0 Å². The third-order valence-electron chi connectivity index (χ3n) is 6.56. The van der Waals surface area contributed by atoms with E-state index in [1.807, 2.05) is 78.2 Å². The van der Waals surface area contributed by atoms with Crippen LogP contribution in [-0.4, -0.2) is 38.7 Å². The number of carboxylic acids is 1. The van der Waals surface area contributed by atoms with Gasteiger partial charge in [0.05, 0.1) is 35.7 Å². The van der Waals surface area contributed by atoms with Gasteiger partial charge in [-0.05, 0) is 43.2 Å². The Balaban J connectivity index is 1.62. The molecule has 2 aromatic heterocycles. The van der Waals surface area contributed by atoms with Crippen LogP contribution in [-0.2, 0) is 14.3 Å². The van der Waals surface area contributed by atoms with Crippen LogP contribution in [0.4, 0.5) is 0 Å². The lowest BCUT2D eigenvalue weighted by Gasteiger charge is -2.29. The molecule has 0 radical (unpaired) electrons. The number of methoxy groups -OCH3 is 1. The lowest BCUT2D eigenvalue weighted by molar-refractivity contribution is -0.136. The Morgan fingerprint density at radius 2 is 1.76 bits per heavy atom. The minimum atomic E-state index is -1.11. The van der Waals surface area contributed by atoms with Crippen molar-refractivity contribution < 1.29 is 19.4 Å². The van der Waals surface area contributed by atoms with E-state index in [0.717, 1.165) is 33.7 Å². The first-order valence-corrected chi connectivity index (χ1v) is 12.1.